The van der Waals surface area contributed by atoms with E-state index < -0.39 is 130 Å². The van der Waals surface area contributed by atoms with E-state index in [4.69, 9.17) is 0 Å². The number of anilines is 8. The molecule has 0 unspecified atom stereocenters. The summed E-state index contributed by atoms with van der Waals surface area (Å²) in [4.78, 5) is 101. The zero-order chi connectivity index (χ0) is 77.9. The van der Waals surface area contributed by atoms with Gasteiger partial charge in [-0.15, -0.1) is 0 Å². The van der Waals surface area contributed by atoms with Gasteiger partial charge in [-0.3, -0.25) is 38.4 Å². The third-order valence-electron chi connectivity index (χ3n) is 15.8. The quantitative estimate of drug-likeness (QED) is 0.0255. The molecule has 0 aliphatic rings. The van der Waals surface area contributed by atoms with Gasteiger partial charge in [0.1, 0.15) is 63.5 Å². The topological polar surface area (TPSA) is 543 Å². The molecule has 0 atom stereocenters. The van der Waals surface area contributed by atoms with Gasteiger partial charge in [0, 0.05) is 89.3 Å². The van der Waals surface area contributed by atoms with Crippen LogP contribution in [-0.2, 0) is 59.7 Å². The number of amides is 8. The molecule has 548 valence electrons. The molecule has 0 saturated heterocycles. The molecule has 0 spiro atoms. The third-order valence-corrected chi connectivity index (χ3v) is 19.0. The van der Waals surface area contributed by atoms with E-state index in [0.717, 1.165) is 48.5 Å². The van der Waals surface area contributed by atoms with Crippen molar-refractivity contribution in [2.75, 3.05) is 42.5 Å². The summed E-state index contributed by atoms with van der Waals surface area (Å²) in [6.07, 6.45) is 0. The molecule has 12 N–H and O–H groups in total. The predicted octanol–water partition coefficient (Wildman–Crippen LogP) is -3.40. The van der Waals surface area contributed by atoms with Gasteiger partial charge in [0.15, 0.2) is 0 Å². The van der Waals surface area contributed by atoms with Crippen LogP contribution in [0.3, 0.4) is 0 Å². The first-order valence-corrected chi connectivity index (χ1v) is 36.3. The first-order chi connectivity index (χ1) is 50.9. The molecule has 0 heterocycles. The summed E-state index contributed by atoms with van der Waals surface area (Å²) in [6.45, 7) is 0. The Morgan fingerprint density at radius 3 is 0.589 bits per heavy atom. The van der Waals surface area contributed by atoms with Crippen LogP contribution in [0.15, 0.2) is 238 Å². The van der Waals surface area contributed by atoms with Gasteiger partial charge in [-0.05, 0) is 191 Å². The van der Waals surface area contributed by atoms with Crippen molar-refractivity contribution in [1.29, 1.82) is 0 Å². The number of carbonyl (C=O) groups excluding carboxylic acids is 8. The number of carbonyl (C=O) groups is 8. The average Bonchev–Trinajstić information content (AvgIpc) is 0.801. The number of hydrogen-bond donors (Lipinski definition) is 12. The monoisotopic (exact) mass is 1630 g/mol. The molecule has 0 fully saturated rings. The number of rotatable bonds is 16. The Kier molecular flexibility index (Phi) is 29.4. The molecule has 0 radical (unpaired) electrons. The van der Waals surface area contributed by atoms with E-state index >= 15 is 0 Å². The Morgan fingerprint density at radius 2 is 0.411 bits per heavy atom. The first-order valence-electron chi connectivity index (χ1n) is 30.7. The van der Waals surface area contributed by atoms with Crippen molar-refractivity contribution in [3.8, 4) is 23.0 Å². The van der Waals surface area contributed by atoms with E-state index in [9.17, 15) is 111 Å². The fraction of sp³-hybridized carbons (Fsp3) is 0. The minimum absolute atomic E-state index is 0. The number of nitrogens with one attached hydrogen (secondary N) is 8. The molecule has 0 aromatic heterocycles. The van der Waals surface area contributed by atoms with Gasteiger partial charge in [-0.1, -0.05) is 48.5 Å². The largest absolute Gasteiger partial charge is 1.00 e. The molecule has 12 aromatic rings. The van der Waals surface area contributed by atoms with Gasteiger partial charge in [0.2, 0.25) is 0 Å². The van der Waals surface area contributed by atoms with E-state index in [-0.39, 0.29) is 229 Å². The molecule has 112 heavy (non-hydrogen) atoms. The summed E-state index contributed by atoms with van der Waals surface area (Å²) in [5.41, 5.74) is 1.53. The Hall–Kier alpha value is -9.72. The standard InChI is InChI=1S/2C36H26N4O12S2.4Na/c2*41-31-17-27(53(47,48)49)13-19-7-9-25(15-29(19)31)37-33(43)21-3-1-5-23(11-21)39-35(45)36(46)40-24-6-2-4-22(12-24)34(44)38-26-10-8-20-14-28(54(50,51)52)18-32(42)30(20)16-26;;;;/h2*1-18,41-42H,(H,37,43)(H,38,44)(H,39,45)(H,40,46)(H,47,48,49)(H,50,51,52);;;;/q;;4*+1/p-4. The van der Waals surface area contributed by atoms with Crippen LogP contribution >= 0.6 is 0 Å². The average molecular weight is 1630 g/mol. The second-order valence-electron chi connectivity index (χ2n) is 23.3. The minimum Gasteiger partial charge on any atom is -0.744 e. The first kappa shape index (κ1) is 89.5. The van der Waals surface area contributed by atoms with Gasteiger partial charge in [0.05, 0.1) is 19.6 Å². The summed E-state index contributed by atoms with van der Waals surface area (Å²) >= 11 is 0. The molecule has 32 nitrogen and oxygen atoms in total. The molecule has 0 aliphatic heterocycles. The maximum absolute atomic E-state index is 13.0. The molecule has 40 heteroatoms. The van der Waals surface area contributed by atoms with Crippen LogP contribution in [0.2, 0.25) is 0 Å². The molecule has 0 aliphatic carbocycles. The molecule has 12 rings (SSSR count). The zero-order valence-electron chi connectivity index (χ0n) is 58.4. The van der Waals surface area contributed by atoms with Gasteiger partial charge in [0.25, 0.3) is 23.6 Å². The van der Waals surface area contributed by atoms with E-state index in [0.29, 0.717) is 0 Å². The van der Waals surface area contributed by atoms with Crippen LogP contribution in [-0.4, -0.2) is 120 Å². The number of phenolic OH excluding ortho intramolecular Hbond substituents is 4. The van der Waals surface area contributed by atoms with Crippen LogP contribution in [0.25, 0.3) is 43.1 Å². The van der Waals surface area contributed by atoms with Crippen LogP contribution in [0.1, 0.15) is 41.4 Å². The maximum Gasteiger partial charge on any atom is 1.00 e. The van der Waals surface area contributed by atoms with E-state index in [1.165, 1.54) is 170 Å². The van der Waals surface area contributed by atoms with Crippen LogP contribution in [0.4, 0.5) is 45.5 Å². The molecular weight excluding hydrogens is 1580 g/mol. The second-order valence-corrected chi connectivity index (χ2v) is 28.8. The van der Waals surface area contributed by atoms with Crippen molar-refractivity contribution >= 4 is 176 Å². The fourth-order valence-electron chi connectivity index (χ4n) is 10.7. The number of aromatic hydroxyl groups is 4. The maximum atomic E-state index is 13.0. The molecule has 12 aromatic carbocycles. The number of fused-ring (bicyclic) bond motifs is 4. The predicted molar refractivity (Wildman–Crippen MR) is 386 cm³/mol. The van der Waals surface area contributed by atoms with E-state index in [2.05, 4.69) is 42.5 Å². The number of hydrogen-bond acceptors (Lipinski definition) is 24. The summed E-state index contributed by atoms with van der Waals surface area (Å²) < 4.78 is 136. The zero-order valence-corrected chi connectivity index (χ0v) is 69.6. The van der Waals surface area contributed by atoms with Crippen LogP contribution in [0, 0.1) is 0 Å². The summed E-state index contributed by atoms with van der Waals surface area (Å²) in [7, 11) is -19.3. The SMILES string of the molecule is O=C(Nc1cccc(C(=O)Nc2ccc3cc(S(=O)(=O)[O-])cc(O)c3c2)c1)C(=O)Nc1cccc(C(=O)Nc2ccc3cc(S(=O)(=O)[O-])cc(O)c3c2)c1.O=C(Nc1cccc(C(=O)Nc2ccc3cc(S(=O)(=O)[O-])cc(O)c3c2)c1)C(=O)Nc1cccc(C(=O)Nc2ccc3cc(S(=O)(=O)[O-])cc(O)c3c2)c1.[Na+].[Na+].[Na+].[Na+]. The Morgan fingerprint density at radius 1 is 0.232 bits per heavy atom. The molecule has 0 saturated carbocycles. The van der Waals surface area contributed by atoms with Gasteiger partial charge in [-0.2, -0.15) is 0 Å². The summed E-state index contributed by atoms with van der Waals surface area (Å²) in [5, 5.41) is 62.7. The smallest absolute Gasteiger partial charge is 0.744 e. The molecular formula is C72H48N8Na4O24S4. The van der Waals surface area contributed by atoms with Gasteiger partial charge in [-0.25, -0.2) is 33.7 Å². The fourth-order valence-corrected chi connectivity index (χ4v) is 12.8. The summed E-state index contributed by atoms with van der Waals surface area (Å²) in [5.74, 6) is -8.88. The Balaban J connectivity index is 0.000000300. The normalized spacial score (nSPS) is 11.1. The van der Waals surface area contributed by atoms with E-state index in [1.807, 2.05) is 0 Å². The van der Waals surface area contributed by atoms with Crippen molar-refractivity contribution < 1.29 is 229 Å². The Bertz CT molecular complexity index is 5600. The van der Waals surface area contributed by atoms with Crippen molar-refractivity contribution in [3.63, 3.8) is 0 Å². The van der Waals surface area contributed by atoms with Crippen molar-refractivity contribution in [2.45, 2.75) is 19.6 Å². The summed E-state index contributed by atoms with van der Waals surface area (Å²) in [6, 6.07) is 46.9. The van der Waals surface area contributed by atoms with Crippen LogP contribution < -0.4 is 161 Å². The Labute approximate surface area is 723 Å². The minimum atomic E-state index is -4.81. The van der Waals surface area contributed by atoms with Crippen molar-refractivity contribution in [1.82, 2.24) is 0 Å². The molecule has 0 bridgehead atoms. The van der Waals surface area contributed by atoms with Crippen molar-refractivity contribution in [3.05, 3.63) is 241 Å². The third kappa shape index (κ3) is 22.4. The second kappa shape index (κ2) is 36.8. The van der Waals surface area contributed by atoms with Gasteiger partial charge < -0.3 is 81.2 Å². The number of phenols is 4. The number of benzene rings is 12. The van der Waals surface area contributed by atoms with Crippen LogP contribution in [0.5, 0.6) is 23.0 Å². The van der Waals surface area contributed by atoms with Crippen molar-refractivity contribution in [2.24, 2.45) is 0 Å². The van der Waals surface area contributed by atoms with E-state index in [1.54, 1.807) is 0 Å². The molecule has 8 amide bonds. The van der Waals surface area contributed by atoms with Gasteiger partial charge >= 0.3 is 142 Å².